The largest absolute Gasteiger partial charge is 0.486 e. The van der Waals surface area contributed by atoms with Crippen LogP contribution in [0.2, 0.25) is 5.02 Å². The van der Waals surface area contributed by atoms with E-state index in [1.807, 2.05) is 18.2 Å². The number of rotatable bonds is 5. The van der Waals surface area contributed by atoms with Gasteiger partial charge in [0.1, 0.15) is 6.61 Å². The lowest BCUT2D eigenvalue weighted by molar-refractivity contribution is -0.113. The van der Waals surface area contributed by atoms with Gasteiger partial charge in [0.2, 0.25) is 0 Å². The molecule has 8 heteroatoms. The van der Waals surface area contributed by atoms with Crippen LogP contribution in [0.4, 0.5) is 10.5 Å². The maximum absolute atomic E-state index is 12.8. The Balaban J connectivity index is 1.56. The molecule has 0 atom stereocenters. The molecule has 0 aliphatic carbocycles. The van der Waals surface area contributed by atoms with Gasteiger partial charge < -0.3 is 4.74 Å². The minimum absolute atomic E-state index is 0.178. The fraction of sp³-hybridized carbons (Fsp3) is 0.0417. The third kappa shape index (κ3) is 4.58. The Bertz CT molecular complexity index is 1260. The zero-order valence-electron chi connectivity index (χ0n) is 16.4. The molecule has 1 aliphatic rings. The van der Waals surface area contributed by atoms with Crippen molar-refractivity contribution in [2.24, 2.45) is 0 Å². The van der Waals surface area contributed by atoms with Gasteiger partial charge in [-0.2, -0.15) is 5.26 Å². The maximum Gasteiger partial charge on any atom is 0.298 e. The van der Waals surface area contributed by atoms with Crippen LogP contribution in [0, 0.1) is 11.3 Å². The van der Waals surface area contributed by atoms with Crippen molar-refractivity contribution < 1.29 is 14.3 Å². The number of amides is 2. The smallest absolute Gasteiger partial charge is 0.298 e. The van der Waals surface area contributed by atoms with Crippen molar-refractivity contribution in [3.8, 4) is 11.8 Å². The van der Waals surface area contributed by atoms with Crippen LogP contribution in [0.1, 0.15) is 16.7 Å². The Morgan fingerprint density at radius 2 is 1.81 bits per heavy atom. The molecule has 1 heterocycles. The average Bonchev–Trinajstić information content (AvgIpc) is 3.06. The fourth-order valence-electron chi connectivity index (χ4n) is 3.12. The van der Waals surface area contributed by atoms with Crippen LogP contribution in [0.25, 0.3) is 6.08 Å². The van der Waals surface area contributed by atoms with E-state index in [4.69, 9.17) is 16.3 Å². The number of hydrogen-bond donors (Lipinski definition) is 0. The van der Waals surface area contributed by atoms with Crippen molar-refractivity contribution >= 4 is 62.2 Å². The van der Waals surface area contributed by atoms with Crippen LogP contribution in [0.5, 0.6) is 5.75 Å². The second kappa shape index (κ2) is 9.61. The second-order valence-corrected chi connectivity index (χ2v) is 8.98. The molecule has 5 nitrogen and oxygen atoms in total. The molecular weight excluding hydrogens is 512 g/mol. The number of anilines is 1. The summed E-state index contributed by atoms with van der Waals surface area (Å²) in [6.45, 7) is 0.178. The minimum atomic E-state index is -0.383. The van der Waals surface area contributed by atoms with Crippen LogP contribution < -0.4 is 9.64 Å². The van der Waals surface area contributed by atoms with E-state index < -0.39 is 0 Å². The summed E-state index contributed by atoms with van der Waals surface area (Å²) in [6.07, 6.45) is 1.62. The van der Waals surface area contributed by atoms with Gasteiger partial charge >= 0.3 is 0 Å². The third-order valence-corrected chi connectivity index (χ3v) is 6.38. The number of halogens is 2. The molecule has 1 aliphatic heterocycles. The molecule has 0 bridgehead atoms. The highest BCUT2D eigenvalue weighted by molar-refractivity contribution is 9.10. The van der Waals surface area contributed by atoms with Crippen LogP contribution in [0.3, 0.4) is 0 Å². The van der Waals surface area contributed by atoms with Gasteiger partial charge in [-0.15, -0.1) is 0 Å². The number of ether oxygens (including phenoxy) is 1. The molecule has 3 aromatic carbocycles. The summed E-state index contributed by atoms with van der Waals surface area (Å²) < 4.78 is 6.44. The second-order valence-electron chi connectivity index (χ2n) is 6.72. The Morgan fingerprint density at radius 1 is 1.09 bits per heavy atom. The number of carbonyl (C=O) groups is 2. The van der Waals surface area contributed by atoms with Crippen LogP contribution in [0.15, 0.2) is 76.1 Å². The van der Waals surface area contributed by atoms with E-state index in [1.165, 1.54) is 0 Å². The summed E-state index contributed by atoms with van der Waals surface area (Å²) >= 11 is 10.8. The molecule has 0 N–H and O–H groups in total. The molecular formula is C24H14BrClN2O3S. The first-order valence-electron chi connectivity index (χ1n) is 9.41. The lowest BCUT2D eigenvalue weighted by Crippen LogP contribution is -2.27. The number of carbonyl (C=O) groups excluding carboxylic acids is 2. The van der Waals surface area contributed by atoms with Gasteiger partial charge in [-0.05, 0) is 69.7 Å². The van der Waals surface area contributed by atoms with E-state index in [1.54, 1.807) is 54.6 Å². The SMILES string of the molecule is N#Cc1ccccc1COc1c(Cl)cc(/C=C2\SC(=O)N(c3ccccc3)C2=O)cc1Br. The molecule has 1 saturated heterocycles. The summed E-state index contributed by atoms with van der Waals surface area (Å²) in [5.41, 5.74) is 2.45. The van der Waals surface area contributed by atoms with Gasteiger partial charge in [-0.25, -0.2) is 4.90 Å². The summed E-state index contributed by atoms with van der Waals surface area (Å²) in [6, 6.07) is 21.5. The number of benzene rings is 3. The average molecular weight is 526 g/mol. The summed E-state index contributed by atoms with van der Waals surface area (Å²) in [5.74, 6) is 0.0424. The van der Waals surface area contributed by atoms with Crippen molar-refractivity contribution in [1.29, 1.82) is 5.26 Å². The first-order chi connectivity index (χ1) is 15.5. The zero-order valence-corrected chi connectivity index (χ0v) is 19.6. The molecule has 158 valence electrons. The number of nitrogens with zero attached hydrogens (tertiary/aromatic N) is 2. The predicted molar refractivity (Wildman–Crippen MR) is 130 cm³/mol. The Hall–Kier alpha value is -3.05. The van der Waals surface area contributed by atoms with E-state index in [0.717, 1.165) is 22.2 Å². The van der Waals surface area contributed by atoms with Gasteiger partial charge in [-0.3, -0.25) is 9.59 Å². The van der Waals surface area contributed by atoms with Crippen molar-refractivity contribution in [1.82, 2.24) is 0 Å². The van der Waals surface area contributed by atoms with Gasteiger partial charge in [0.15, 0.2) is 5.75 Å². The number of imide groups is 1. The Morgan fingerprint density at radius 3 is 2.53 bits per heavy atom. The highest BCUT2D eigenvalue weighted by atomic mass is 79.9. The summed E-state index contributed by atoms with van der Waals surface area (Å²) in [4.78, 5) is 26.6. The van der Waals surface area contributed by atoms with Gasteiger partial charge in [0.25, 0.3) is 11.1 Å². The molecule has 0 unspecified atom stereocenters. The Labute approximate surface area is 202 Å². The van der Waals surface area contributed by atoms with Crippen molar-refractivity contribution in [2.45, 2.75) is 6.61 Å². The molecule has 4 rings (SSSR count). The monoisotopic (exact) mass is 524 g/mol. The fourth-order valence-corrected chi connectivity index (χ4v) is 4.95. The molecule has 3 aromatic rings. The standard InChI is InChI=1S/C24H14BrClN2O3S/c25-19-10-15(11-20(26)22(19)31-14-17-7-5-4-6-16(17)13-27)12-21-23(29)28(24(30)32-21)18-8-2-1-3-9-18/h1-12H,14H2/b21-12-. The van der Waals surface area contributed by atoms with Crippen LogP contribution >= 0.6 is 39.3 Å². The van der Waals surface area contributed by atoms with E-state index in [9.17, 15) is 14.9 Å². The maximum atomic E-state index is 12.8. The normalized spacial score (nSPS) is 14.7. The summed E-state index contributed by atoms with van der Waals surface area (Å²) in [7, 11) is 0. The Kier molecular flexibility index (Phi) is 6.66. The molecule has 2 amide bonds. The van der Waals surface area contributed by atoms with Crippen molar-refractivity contribution in [3.63, 3.8) is 0 Å². The van der Waals surface area contributed by atoms with Crippen molar-refractivity contribution in [2.75, 3.05) is 4.90 Å². The molecule has 0 spiro atoms. The lowest BCUT2D eigenvalue weighted by atomic mass is 10.1. The van der Waals surface area contributed by atoms with E-state index in [0.29, 0.717) is 37.0 Å². The van der Waals surface area contributed by atoms with Crippen LogP contribution in [-0.4, -0.2) is 11.1 Å². The molecule has 32 heavy (non-hydrogen) atoms. The number of nitriles is 1. The molecule has 0 radical (unpaired) electrons. The van der Waals surface area contributed by atoms with Gasteiger partial charge in [0, 0.05) is 5.56 Å². The zero-order chi connectivity index (χ0) is 22.7. The number of para-hydroxylation sites is 1. The molecule has 0 saturated carbocycles. The number of thioether (sulfide) groups is 1. The number of hydrogen-bond acceptors (Lipinski definition) is 5. The lowest BCUT2D eigenvalue weighted by Gasteiger charge is -2.12. The minimum Gasteiger partial charge on any atom is -0.486 e. The van der Waals surface area contributed by atoms with Gasteiger partial charge in [-0.1, -0.05) is 48.0 Å². The third-order valence-electron chi connectivity index (χ3n) is 4.64. The first kappa shape index (κ1) is 22.2. The summed E-state index contributed by atoms with van der Waals surface area (Å²) in [5, 5.41) is 9.21. The highest BCUT2D eigenvalue weighted by Gasteiger charge is 2.36. The van der Waals surface area contributed by atoms with E-state index in [2.05, 4.69) is 22.0 Å². The van der Waals surface area contributed by atoms with E-state index in [-0.39, 0.29) is 17.8 Å². The van der Waals surface area contributed by atoms with E-state index >= 15 is 0 Å². The topological polar surface area (TPSA) is 70.4 Å². The van der Waals surface area contributed by atoms with Crippen molar-refractivity contribution in [3.05, 3.63) is 97.8 Å². The van der Waals surface area contributed by atoms with Crippen LogP contribution in [-0.2, 0) is 11.4 Å². The molecule has 1 fully saturated rings. The molecule has 0 aromatic heterocycles. The first-order valence-corrected chi connectivity index (χ1v) is 11.4. The highest BCUT2D eigenvalue weighted by Crippen LogP contribution is 2.39. The van der Waals surface area contributed by atoms with Gasteiger partial charge in [0.05, 0.1) is 31.7 Å². The quantitative estimate of drug-likeness (QED) is 0.343. The predicted octanol–water partition coefficient (Wildman–Crippen LogP) is 6.79.